The second-order valence-electron chi connectivity index (χ2n) is 4.22. The molecule has 0 radical (unpaired) electrons. The van der Waals surface area contributed by atoms with Gasteiger partial charge in [-0.15, -0.1) is 0 Å². The highest BCUT2D eigenvalue weighted by molar-refractivity contribution is 5.79. The van der Waals surface area contributed by atoms with E-state index in [1.807, 2.05) is 30.3 Å². The number of nitrogens with two attached hydrogens (primary N) is 1. The van der Waals surface area contributed by atoms with Crippen LogP contribution in [0.4, 0.5) is 0 Å². The fraction of sp³-hybridized carbons (Fsp3) is 0.357. The zero-order valence-electron chi connectivity index (χ0n) is 10.1. The van der Waals surface area contributed by atoms with Gasteiger partial charge >= 0.3 is 0 Å². The molecule has 0 spiro atoms. The monoisotopic (exact) mass is 230 g/mol. The maximum Gasteiger partial charge on any atom is 0.121 e. The van der Waals surface area contributed by atoms with Gasteiger partial charge in [-0.25, -0.2) is 0 Å². The third-order valence-electron chi connectivity index (χ3n) is 2.70. The van der Waals surface area contributed by atoms with Crippen LogP contribution in [0.5, 0.6) is 5.75 Å². The second-order valence-corrected chi connectivity index (χ2v) is 4.22. The van der Waals surface area contributed by atoms with Gasteiger partial charge in [0.05, 0.1) is 5.52 Å². The van der Waals surface area contributed by atoms with E-state index < -0.39 is 0 Å². The molecule has 0 bridgehead atoms. The molecule has 1 aromatic heterocycles. The molecule has 0 amide bonds. The summed E-state index contributed by atoms with van der Waals surface area (Å²) in [5.41, 5.74) is 6.86. The molecular weight excluding hydrogens is 212 g/mol. The van der Waals surface area contributed by atoms with Crippen molar-refractivity contribution < 1.29 is 4.74 Å². The molecule has 1 unspecified atom stereocenters. The van der Waals surface area contributed by atoms with E-state index >= 15 is 0 Å². The van der Waals surface area contributed by atoms with Gasteiger partial charge in [-0.05, 0) is 24.6 Å². The molecular formula is C14H18N2O. The predicted molar refractivity (Wildman–Crippen MR) is 70.1 cm³/mol. The molecule has 90 valence electrons. The third kappa shape index (κ3) is 3.17. The highest BCUT2D eigenvalue weighted by Gasteiger charge is 2.03. The summed E-state index contributed by atoms with van der Waals surface area (Å²) in [5.74, 6) is 0.836. The lowest BCUT2D eigenvalue weighted by molar-refractivity contribution is 0.282. The molecule has 0 aliphatic heterocycles. The molecule has 0 saturated carbocycles. The van der Waals surface area contributed by atoms with Crippen molar-refractivity contribution in [3.05, 3.63) is 36.5 Å². The quantitative estimate of drug-likeness (QED) is 0.859. The van der Waals surface area contributed by atoms with Crippen molar-refractivity contribution in [3.63, 3.8) is 0 Å². The lowest BCUT2D eigenvalue weighted by Crippen LogP contribution is -2.27. The maximum absolute atomic E-state index is 5.90. The van der Waals surface area contributed by atoms with Crippen LogP contribution in [-0.4, -0.2) is 17.6 Å². The number of rotatable bonds is 5. The fourth-order valence-electron chi connectivity index (χ4n) is 1.79. The van der Waals surface area contributed by atoms with Crippen LogP contribution >= 0.6 is 0 Å². The molecule has 17 heavy (non-hydrogen) atoms. The van der Waals surface area contributed by atoms with Crippen LogP contribution in [0.15, 0.2) is 36.5 Å². The number of hydrogen-bond acceptors (Lipinski definition) is 3. The Labute approximate surface area is 102 Å². The van der Waals surface area contributed by atoms with Crippen molar-refractivity contribution in [1.29, 1.82) is 0 Å². The van der Waals surface area contributed by atoms with Gasteiger partial charge < -0.3 is 10.5 Å². The fourth-order valence-corrected chi connectivity index (χ4v) is 1.79. The number of ether oxygens (including phenoxy) is 1. The zero-order chi connectivity index (χ0) is 12.1. The van der Waals surface area contributed by atoms with E-state index in [9.17, 15) is 0 Å². The van der Waals surface area contributed by atoms with Crippen molar-refractivity contribution in [2.45, 2.75) is 25.8 Å². The summed E-state index contributed by atoms with van der Waals surface area (Å²) in [4.78, 5) is 4.29. The summed E-state index contributed by atoms with van der Waals surface area (Å²) in [7, 11) is 0. The lowest BCUT2D eigenvalue weighted by Gasteiger charge is -2.12. The average Bonchev–Trinajstić information content (AvgIpc) is 2.36. The normalized spacial score (nSPS) is 12.6. The molecule has 2 N–H and O–H groups in total. The van der Waals surface area contributed by atoms with Crippen molar-refractivity contribution in [2.75, 3.05) is 6.61 Å². The SMILES string of the molecule is CCCC(N)COc1ccc2cccnc2c1. The lowest BCUT2D eigenvalue weighted by atomic mass is 10.2. The third-order valence-corrected chi connectivity index (χ3v) is 2.70. The Hall–Kier alpha value is -1.61. The van der Waals surface area contributed by atoms with Crippen LogP contribution in [-0.2, 0) is 0 Å². The van der Waals surface area contributed by atoms with Crippen LogP contribution in [0.3, 0.4) is 0 Å². The zero-order valence-corrected chi connectivity index (χ0v) is 10.1. The number of benzene rings is 1. The molecule has 3 heteroatoms. The number of fused-ring (bicyclic) bond motifs is 1. The minimum atomic E-state index is 0.111. The molecule has 1 atom stereocenters. The second kappa shape index (κ2) is 5.64. The largest absolute Gasteiger partial charge is 0.492 e. The van der Waals surface area contributed by atoms with E-state index in [4.69, 9.17) is 10.5 Å². The molecule has 1 heterocycles. The highest BCUT2D eigenvalue weighted by Crippen LogP contribution is 2.18. The van der Waals surface area contributed by atoms with E-state index in [0.29, 0.717) is 6.61 Å². The number of aromatic nitrogens is 1. The first kappa shape index (κ1) is 11.9. The Kier molecular flexibility index (Phi) is 3.94. The van der Waals surface area contributed by atoms with E-state index in [0.717, 1.165) is 29.5 Å². The molecule has 0 saturated heterocycles. The van der Waals surface area contributed by atoms with Crippen molar-refractivity contribution in [2.24, 2.45) is 5.73 Å². The van der Waals surface area contributed by atoms with E-state index in [1.54, 1.807) is 6.20 Å². The van der Waals surface area contributed by atoms with Crippen molar-refractivity contribution in [1.82, 2.24) is 4.98 Å². The van der Waals surface area contributed by atoms with Gasteiger partial charge in [0.25, 0.3) is 0 Å². The van der Waals surface area contributed by atoms with E-state index in [2.05, 4.69) is 11.9 Å². The Morgan fingerprint density at radius 2 is 2.24 bits per heavy atom. The summed E-state index contributed by atoms with van der Waals surface area (Å²) in [6, 6.07) is 10.0. The highest BCUT2D eigenvalue weighted by atomic mass is 16.5. The molecule has 0 aliphatic carbocycles. The van der Waals surface area contributed by atoms with E-state index in [-0.39, 0.29) is 6.04 Å². The predicted octanol–water partition coefficient (Wildman–Crippen LogP) is 2.74. The Morgan fingerprint density at radius 1 is 1.35 bits per heavy atom. The van der Waals surface area contributed by atoms with E-state index in [1.165, 1.54) is 0 Å². The smallest absolute Gasteiger partial charge is 0.121 e. The van der Waals surface area contributed by atoms with Gasteiger partial charge in [-0.3, -0.25) is 4.98 Å². The minimum Gasteiger partial charge on any atom is -0.492 e. The van der Waals surface area contributed by atoms with Gasteiger partial charge in [0.1, 0.15) is 12.4 Å². The van der Waals surface area contributed by atoms with Crippen LogP contribution < -0.4 is 10.5 Å². The molecule has 0 aliphatic rings. The molecule has 0 fully saturated rings. The maximum atomic E-state index is 5.90. The summed E-state index contributed by atoms with van der Waals surface area (Å²) < 4.78 is 5.66. The summed E-state index contributed by atoms with van der Waals surface area (Å²) in [6.45, 7) is 2.69. The molecule has 2 rings (SSSR count). The topological polar surface area (TPSA) is 48.1 Å². The summed E-state index contributed by atoms with van der Waals surface area (Å²) in [6.07, 6.45) is 3.87. The Bertz CT molecular complexity index is 484. The van der Waals surface area contributed by atoms with Crippen LogP contribution in [0, 0.1) is 0 Å². The molecule has 1 aromatic carbocycles. The first-order chi connectivity index (χ1) is 8.29. The van der Waals surface area contributed by atoms with Gasteiger partial charge in [-0.2, -0.15) is 0 Å². The summed E-state index contributed by atoms with van der Waals surface area (Å²) in [5, 5.41) is 1.12. The van der Waals surface area contributed by atoms with Gasteiger partial charge in [0.15, 0.2) is 0 Å². The average molecular weight is 230 g/mol. The standard InChI is InChI=1S/C14H18N2O/c1-2-4-12(15)10-17-13-7-6-11-5-3-8-16-14(11)9-13/h3,5-9,12H,2,4,10,15H2,1H3. The van der Waals surface area contributed by atoms with Crippen LogP contribution in [0.1, 0.15) is 19.8 Å². The number of pyridine rings is 1. The van der Waals surface area contributed by atoms with Crippen molar-refractivity contribution >= 4 is 10.9 Å². The molecule has 3 nitrogen and oxygen atoms in total. The van der Waals surface area contributed by atoms with Gasteiger partial charge in [-0.1, -0.05) is 19.4 Å². The van der Waals surface area contributed by atoms with Gasteiger partial charge in [0.2, 0.25) is 0 Å². The van der Waals surface area contributed by atoms with Crippen LogP contribution in [0.25, 0.3) is 10.9 Å². The Balaban J connectivity index is 2.04. The number of hydrogen-bond donors (Lipinski definition) is 1. The minimum absolute atomic E-state index is 0.111. The summed E-state index contributed by atoms with van der Waals surface area (Å²) >= 11 is 0. The first-order valence-corrected chi connectivity index (χ1v) is 6.02. The van der Waals surface area contributed by atoms with Crippen molar-refractivity contribution in [3.8, 4) is 5.75 Å². The first-order valence-electron chi connectivity index (χ1n) is 6.02. The van der Waals surface area contributed by atoms with Crippen LogP contribution in [0.2, 0.25) is 0 Å². The Morgan fingerprint density at radius 3 is 3.06 bits per heavy atom. The number of nitrogens with zero attached hydrogens (tertiary/aromatic N) is 1. The molecule has 2 aromatic rings. The van der Waals surface area contributed by atoms with Gasteiger partial charge in [0, 0.05) is 23.7 Å².